The van der Waals surface area contributed by atoms with Crippen LogP contribution in [-0.4, -0.2) is 21.2 Å². The number of benzene rings is 1. The molecule has 0 saturated carbocycles. The van der Waals surface area contributed by atoms with E-state index in [1.54, 1.807) is 12.3 Å². The van der Waals surface area contributed by atoms with Gasteiger partial charge in [0.15, 0.2) is 0 Å². The van der Waals surface area contributed by atoms with Crippen LogP contribution in [0.3, 0.4) is 0 Å². The molecule has 0 spiro atoms. The molecule has 1 aromatic carbocycles. The first-order valence-corrected chi connectivity index (χ1v) is 5.84. The number of carbonyl (C=O) groups excluding carboxylic acids is 1. The number of aromatic amines is 1. The highest BCUT2D eigenvalue weighted by Gasteiger charge is 2.18. The lowest BCUT2D eigenvalue weighted by Gasteiger charge is -2.19. The molecule has 2 aromatic rings. The van der Waals surface area contributed by atoms with Gasteiger partial charge in [0.25, 0.3) is 0 Å². The van der Waals surface area contributed by atoms with Gasteiger partial charge in [-0.2, -0.15) is 5.10 Å². The van der Waals surface area contributed by atoms with Crippen LogP contribution in [0.1, 0.15) is 29.3 Å². The Hall–Kier alpha value is -2.14. The number of amides is 1. The van der Waals surface area contributed by atoms with E-state index in [4.69, 9.17) is 0 Å². The topological polar surface area (TPSA) is 78.0 Å². The molecule has 5 nitrogen and oxygen atoms in total. The number of nitrogens with zero attached hydrogens (tertiary/aromatic N) is 1. The molecule has 1 aromatic heterocycles. The summed E-state index contributed by atoms with van der Waals surface area (Å²) in [6, 6.07) is 7.32. The molecule has 3 rings (SSSR count). The normalized spacial score (nSPS) is 15.9. The third-order valence-electron chi connectivity index (χ3n) is 3.16. The van der Waals surface area contributed by atoms with E-state index in [-0.39, 0.29) is 5.91 Å². The molecule has 3 N–H and O–H groups in total. The molecule has 1 aliphatic rings. The van der Waals surface area contributed by atoms with Crippen molar-refractivity contribution >= 4 is 11.6 Å². The summed E-state index contributed by atoms with van der Waals surface area (Å²) in [6.07, 6.45) is 2.11. The number of H-pyrrole nitrogens is 1. The van der Waals surface area contributed by atoms with Gasteiger partial charge >= 0.3 is 0 Å². The van der Waals surface area contributed by atoms with Crippen molar-refractivity contribution in [3.8, 4) is 0 Å². The second kappa shape index (κ2) is 4.27. The minimum absolute atomic E-state index is 0.0457. The molecule has 0 fully saturated rings. The fourth-order valence-corrected chi connectivity index (χ4v) is 2.17. The smallest absolute Gasteiger partial charge is 0.224 e. The highest BCUT2D eigenvalue weighted by atomic mass is 16.3. The van der Waals surface area contributed by atoms with Crippen molar-refractivity contribution < 1.29 is 9.90 Å². The predicted molar refractivity (Wildman–Crippen MR) is 66.0 cm³/mol. The number of aryl methyl sites for hydroxylation is 1. The van der Waals surface area contributed by atoms with E-state index in [1.807, 2.05) is 18.2 Å². The molecule has 0 aliphatic carbocycles. The first kappa shape index (κ1) is 11.0. The van der Waals surface area contributed by atoms with E-state index in [0.29, 0.717) is 18.5 Å². The molecule has 18 heavy (non-hydrogen) atoms. The Morgan fingerprint density at radius 1 is 1.28 bits per heavy atom. The minimum atomic E-state index is -0.713. The van der Waals surface area contributed by atoms with Crippen LogP contribution in [0.25, 0.3) is 0 Å². The van der Waals surface area contributed by atoms with Gasteiger partial charge < -0.3 is 10.4 Å². The summed E-state index contributed by atoms with van der Waals surface area (Å²) in [5.41, 5.74) is 3.36. The lowest BCUT2D eigenvalue weighted by Crippen LogP contribution is -2.19. The van der Waals surface area contributed by atoms with E-state index >= 15 is 0 Å². The van der Waals surface area contributed by atoms with E-state index in [0.717, 1.165) is 16.8 Å². The Balaban J connectivity index is 1.93. The molecular formula is C13H13N3O2. The van der Waals surface area contributed by atoms with Crippen molar-refractivity contribution in [3.05, 3.63) is 47.3 Å². The van der Waals surface area contributed by atoms with Gasteiger partial charge in [0.05, 0.1) is 5.69 Å². The zero-order valence-corrected chi connectivity index (χ0v) is 9.68. The number of hydrogen-bond acceptors (Lipinski definition) is 3. The van der Waals surface area contributed by atoms with Crippen LogP contribution in [0.5, 0.6) is 0 Å². The monoisotopic (exact) mass is 243 g/mol. The van der Waals surface area contributed by atoms with Crippen LogP contribution in [0.15, 0.2) is 30.5 Å². The molecule has 1 unspecified atom stereocenters. The number of anilines is 1. The summed E-state index contributed by atoms with van der Waals surface area (Å²) in [6.45, 7) is 0. The summed E-state index contributed by atoms with van der Waals surface area (Å²) in [5, 5.41) is 19.6. The zero-order chi connectivity index (χ0) is 12.5. The largest absolute Gasteiger partial charge is 0.382 e. The average Bonchev–Trinajstić information content (AvgIpc) is 2.91. The molecule has 1 atom stereocenters. The van der Waals surface area contributed by atoms with Gasteiger partial charge in [-0.25, -0.2) is 0 Å². The maximum absolute atomic E-state index is 11.3. The molecule has 92 valence electrons. The van der Waals surface area contributed by atoms with Gasteiger partial charge in [0.1, 0.15) is 6.10 Å². The quantitative estimate of drug-likeness (QED) is 0.745. The standard InChI is InChI=1S/C13H13N3O2/c17-12-4-2-8-7-9(1-3-10(8)15-12)13(18)11-5-6-14-16-11/h1,3,5-7,13,18H,2,4H2,(H,14,16)(H,15,17). The third-order valence-corrected chi connectivity index (χ3v) is 3.16. The van der Waals surface area contributed by atoms with Gasteiger partial charge in [-0.1, -0.05) is 12.1 Å². The van der Waals surface area contributed by atoms with Gasteiger partial charge in [-0.15, -0.1) is 0 Å². The Kier molecular flexibility index (Phi) is 2.60. The van der Waals surface area contributed by atoms with Gasteiger partial charge in [-0.05, 0) is 29.7 Å². The van der Waals surface area contributed by atoms with Crippen LogP contribution >= 0.6 is 0 Å². The summed E-state index contributed by atoms with van der Waals surface area (Å²) in [5.74, 6) is 0.0457. The number of nitrogens with one attached hydrogen (secondary N) is 2. The lowest BCUT2D eigenvalue weighted by molar-refractivity contribution is -0.116. The van der Waals surface area contributed by atoms with E-state index < -0.39 is 6.10 Å². The molecular weight excluding hydrogens is 230 g/mol. The summed E-state index contributed by atoms with van der Waals surface area (Å²) < 4.78 is 0. The predicted octanol–water partition coefficient (Wildman–Crippen LogP) is 1.38. The number of carbonyl (C=O) groups is 1. The fourth-order valence-electron chi connectivity index (χ4n) is 2.17. The SMILES string of the molecule is O=C1CCc2cc(C(O)c3ccn[nH]3)ccc2N1. The van der Waals surface area contributed by atoms with Gasteiger partial charge in [0, 0.05) is 18.3 Å². The molecule has 0 radical (unpaired) electrons. The second-order valence-corrected chi connectivity index (χ2v) is 4.38. The number of hydrogen-bond donors (Lipinski definition) is 3. The molecule has 0 saturated heterocycles. The molecule has 2 heterocycles. The van der Waals surface area contributed by atoms with Crippen LogP contribution in [0.4, 0.5) is 5.69 Å². The Bertz CT molecular complexity index is 578. The Morgan fingerprint density at radius 2 is 2.17 bits per heavy atom. The van der Waals surface area contributed by atoms with Crippen molar-refractivity contribution in [2.45, 2.75) is 18.9 Å². The maximum Gasteiger partial charge on any atom is 0.224 e. The first-order chi connectivity index (χ1) is 8.74. The lowest BCUT2D eigenvalue weighted by atomic mass is 9.97. The maximum atomic E-state index is 11.3. The van der Waals surface area contributed by atoms with Gasteiger partial charge in [0.2, 0.25) is 5.91 Å². The molecule has 0 bridgehead atoms. The van der Waals surface area contributed by atoms with E-state index in [1.165, 1.54) is 0 Å². The van der Waals surface area contributed by atoms with Crippen molar-refractivity contribution in [2.75, 3.05) is 5.32 Å². The van der Waals surface area contributed by atoms with Crippen LogP contribution < -0.4 is 5.32 Å². The number of aromatic nitrogens is 2. The number of fused-ring (bicyclic) bond motifs is 1. The summed E-state index contributed by atoms with van der Waals surface area (Å²) in [4.78, 5) is 11.3. The third kappa shape index (κ3) is 1.89. The molecule has 5 heteroatoms. The molecule has 1 amide bonds. The second-order valence-electron chi connectivity index (χ2n) is 4.38. The number of aliphatic hydroxyl groups is 1. The zero-order valence-electron chi connectivity index (χ0n) is 9.68. The van der Waals surface area contributed by atoms with Crippen molar-refractivity contribution in [1.82, 2.24) is 10.2 Å². The average molecular weight is 243 g/mol. The molecule has 1 aliphatic heterocycles. The highest BCUT2D eigenvalue weighted by molar-refractivity contribution is 5.93. The van der Waals surface area contributed by atoms with Crippen molar-refractivity contribution in [2.24, 2.45) is 0 Å². The first-order valence-electron chi connectivity index (χ1n) is 5.84. The highest BCUT2D eigenvalue weighted by Crippen LogP contribution is 2.28. The summed E-state index contributed by atoms with van der Waals surface area (Å²) in [7, 11) is 0. The number of rotatable bonds is 2. The Labute approximate surface area is 104 Å². The van der Waals surface area contributed by atoms with Crippen molar-refractivity contribution in [1.29, 1.82) is 0 Å². The minimum Gasteiger partial charge on any atom is -0.382 e. The number of aliphatic hydroxyl groups excluding tert-OH is 1. The fraction of sp³-hybridized carbons (Fsp3) is 0.231. The van der Waals surface area contributed by atoms with Crippen molar-refractivity contribution in [3.63, 3.8) is 0 Å². The Morgan fingerprint density at radius 3 is 2.94 bits per heavy atom. The summed E-state index contributed by atoms with van der Waals surface area (Å²) >= 11 is 0. The van der Waals surface area contributed by atoms with E-state index in [2.05, 4.69) is 15.5 Å². The van der Waals surface area contributed by atoms with Crippen LogP contribution in [0.2, 0.25) is 0 Å². The van der Waals surface area contributed by atoms with Crippen LogP contribution in [0, 0.1) is 0 Å². The van der Waals surface area contributed by atoms with Gasteiger partial charge in [-0.3, -0.25) is 9.89 Å². The van der Waals surface area contributed by atoms with E-state index in [9.17, 15) is 9.90 Å². The van der Waals surface area contributed by atoms with Crippen LogP contribution in [-0.2, 0) is 11.2 Å².